The fourth-order valence-electron chi connectivity index (χ4n) is 5.14. The van der Waals surface area contributed by atoms with Gasteiger partial charge in [-0.2, -0.15) is 0 Å². The maximum Gasteiger partial charge on any atom is 0.140 e. The minimum absolute atomic E-state index is 0.842. The third-order valence-corrected chi connectivity index (χ3v) is 8.24. The number of benzene rings is 6. The van der Waals surface area contributed by atoms with Crippen LogP contribution in [0.2, 0.25) is 0 Å². The average Bonchev–Trinajstić information content (AvgIpc) is 3.06. The van der Waals surface area contributed by atoms with Crippen LogP contribution in [0.1, 0.15) is 33.4 Å². The first-order chi connectivity index (χ1) is 20.4. The van der Waals surface area contributed by atoms with Crippen LogP contribution in [0.5, 0.6) is 0 Å². The zero-order chi connectivity index (χ0) is 29.4. The molecule has 6 aromatic carbocycles. The van der Waals surface area contributed by atoms with Crippen molar-refractivity contribution in [1.82, 2.24) is 0 Å². The zero-order valence-corrected chi connectivity index (χ0v) is 26.0. The van der Waals surface area contributed by atoms with E-state index >= 15 is 0 Å². The van der Waals surface area contributed by atoms with E-state index in [4.69, 9.17) is 0 Å². The molecule has 0 spiro atoms. The number of hydrogen-bond acceptors (Lipinski definition) is 2. The molecule has 0 aliphatic rings. The maximum absolute atomic E-state index is 11.5. The Morgan fingerprint density at radius 2 is 0.548 bits per heavy atom. The Morgan fingerprint density at radius 1 is 0.310 bits per heavy atom. The highest BCUT2D eigenvalue weighted by molar-refractivity contribution is 9.10. The van der Waals surface area contributed by atoms with Crippen LogP contribution in [0.25, 0.3) is 0 Å². The first-order valence-electron chi connectivity index (χ1n) is 13.6. The molecule has 4 heteroatoms. The van der Waals surface area contributed by atoms with Crippen molar-refractivity contribution in [3.63, 3.8) is 0 Å². The Balaban J connectivity index is 0.000000168. The first-order valence-corrected chi connectivity index (χ1v) is 15.2. The normalized spacial score (nSPS) is 11.3. The van der Waals surface area contributed by atoms with Gasteiger partial charge in [0, 0.05) is 8.95 Å². The summed E-state index contributed by atoms with van der Waals surface area (Å²) >= 11 is 6.98. The lowest BCUT2D eigenvalue weighted by Crippen LogP contribution is -2.28. The van der Waals surface area contributed by atoms with Crippen LogP contribution in [0.15, 0.2) is 179 Å². The number of halogens is 2. The minimum atomic E-state index is -1.16. The van der Waals surface area contributed by atoms with Gasteiger partial charge < -0.3 is 10.2 Å². The smallest absolute Gasteiger partial charge is 0.140 e. The van der Waals surface area contributed by atoms with Crippen LogP contribution in [0.4, 0.5) is 0 Å². The van der Waals surface area contributed by atoms with E-state index in [-0.39, 0.29) is 0 Å². The Labute approximate surface area is 264 Å². The van der Waals surface area contributed by atoms with E-state index < -0.39 is 11.2 Å². The van der Waals surface area contributed by atoms with Gasteiger partial charge in [-0.1, -0.05) is 177 Å². The molecule has 0 aliphatic carbocycles. The fraction of sp³-hybridized carbons (Fsp3) is 0.0526. The van der Waals surface area contributed by atoms with Gasteiger partial charge in [-0.15, -0.1) is 0 Å². The van der Waals surface area contributed by atoms with Crippen molar-refractivity contribution in [3.05, 3.63) is 212 Å². The second kappa shape index (κ2) is 13.5. The standard InChI is InChI=1S/2C19H15BrO/c2*20-18-13-7-12-17(14-18)19(21,15-8-3-1-4-9-15)16-10-5-2-6-11-16/h2*1-14,21H. The molecular formula is C38H30Br2O2. The van der Waals surface area contributed by atoms with Crippen LogP contribution in [-0.4, -0.2) is 10.2 Å². The highest BCUT2D eigenvalue weighted by Crippen LogP contribution is 2.38. The molecule has 2 N–H and O–H groups in total. The summed E-state index contributed by atoms with van der Waals surface area (Å²) < 4.78 is 1.90. The van der Waals surface area contributed by atoms with Crippen LogP contribution in [-0.2, 0) is 11.2 Å². The van der Waals surface area contributed by atoms with Gasteiger partial charge in [0.15, 0.2) is 0 Å². The molecule has 6 aromatic rings. The van der Waals surface area contributed by atoms with Crippen molar-refractivity contribution in [2.45, 2.75) is 11.2 Å². The fourth-order valence-corrected chi connectivity index (χ4v) is 5.94. The Morgan fingerprint density at radius 3 is 0.786 bits per heavy atom. The van der Waals surface area contributed by atoms with E-state index in [0.717, 1.165) is 42.3 Å². The highest BCUT2D eigenvalue weighted by Gasteiger charge is 2.34. The van der Waals surface area contributed by atoms with Gasteiger partial charge in [-0.3, -0.25) is 0 Å². The molecule has 0 heterocycles. The molecule has 2 nitrogen and oxygen atoms in total. The molecule has 0 atom stereocenters. The third-order valence-electron chi connectivity index (χ3n) is 7.25. The third kappa shape index (κ3) is 6.33. The molecule has 42 heavy (non-hydrogen) atoms. The van der Waals surface area contributed by atoms with E-state index in [1.165, 1.54) is 0 Å². The van der Waals surface area contributed by atoms with Gasteiger partial charge >= 0.3 is 0 Å². The van der Waals surface area contributed by atoms with Crippen molar-refractivity contribution in [2.75, 3.05) is 0 Å². The lowest BCUT2D eigenvalue weighted by molar-refractivity contribution is 0.125. The zero-order valence-electron chi connectivity index (χ0n) is 22.8. The molecule has 0 aliphatic heterocycles. The molecule has 0 unspecified atom stereocenters. The van der Waals surface area contributed by atoms with Crippen LogP contribution >= 0.6 is 31.9 Å². The summed E-state index contributed by atoms with van der Waals surface area (Å²) in [6, 6.07) is 54.6. The first kappa shape index (κ1) is 29.7. The van der Waals surface area contributed by atoms with E-state index in [1.807, 2.05) is 170 Å². The number of rotatable bonds is 6. The second-order valence-electron chi connectivity index (χ2n) is 9.91. The molecule has 0 saturated carbocycles. The summed E-state index contributed by atoms with van der Waals surface area (Å²) in [4.78, 5) is 0. The molecule has 0 saturated heterocycles. The maximum atomic E-state index is 11.5. The lowest BCUT2D eigenvalue weighted by atomic mass is 9.80. The lowest BCUT2D eigenvalue weighted by Gasteiger charge is -2.30. The van der Waals surface area contributed by atoms with Crippen LogP contribution < -0.4 is 0 Å². The van der Waals surface area contributed by atoms with Crippen molar-refractivity contribution in [1.29, 1.82) is 0 Å². The monoisotopic (exact) mass is 676 g/mol. The van der Waals surface area contributed by atoms with Crippen molar-refractivity contribution in [2.24, 2.45) is 0 Å². The average molecular weight is 678 g/mol. The molecule has 0 radical (unpaired) electrons. The summed E-state index contributed by atoms with van der Waals surface area (Å²) in [6.45, 7) is 0. The number of hydrogen-bond donors (Lipinski definition) is 2. The topological polar surface area (TPSA) is 40.5 Å². The van der Waals surface area contributed by atoms with E-state index in [0.29, 0.717) is 0 Å². The summed E-state index contributed by atoms with van der Waals surface area (Å²) in [6.07, 6.45) is 0. The molecular weight excluding hydrogens is 648 g/mol. The summed E-state index contributed by atoms with van der Waals surface area (Å²) in [5.74, 6) is 0. The van der Waals surface area contributed by atoms with Gasteiger partial charge in [-0.25, -0.2) is 0 Å². The SMILES string of the molecule is OC(c1ccccc1)(c1ccccc1)c1cccc(Br)c1.OC(c1ccccc1)(c1ccccc1)c1cccc(Br)c1. The van der Waals surface area contributed by atoms with Gasteiger partial charge in [0.1, 0.15) is 11.2 Å². The van der Waals surface area contributed by atoms with Crippen molar-refractivity contribution >= 4 is 31.9 Å². The predicted octanol–water partition coefficient (Wildman–Crippen LogP) is 9.47. The second-order valence-corrected chi connectivity index (χ2v) is 11.7. The minimum Gasteiger partial charge on any atom is -0.376 e. The van der Waals surface area contributed by atoms with Gasteiger partial charge in [0.05, 0.1) is 0 Å². The van der Waals surface area contributed by atoms with E-state index in [2.05, 4.69) is 31.9 Å². The predicted molar refractivity (Wildman–Crippen MR) is 178 cm³/mol. The van der Waals surface area contributed by atoms with E-state index in [1.54, 1.807) is 0 Å². The molecule has 0 bridgehead atoms. The van der Waals surface area contributed by atoms with Gasteiger partial charge in [0.25, 0.3) is 0 Å². The number of aliphatic hydroxyl groups is 2. The van der Waals surface area contributed by atoms with E-state index in [9.17, 15) is 10.2 Å². The summed E-state index contributed by atoms with van der Waals surface area (Å²) in [5, 5.41) is 23.1. The summed E-state index contributed by atoms with van der Waals surface area (Å²) in [7, 11) is 0. The Kier molecular flexibility index (Phi) is 9.51. The van der Waals surface area contributed by atoms with Crippen molar-refractivity contribution < 1.29 is 10.2 Å². The largest absolute Gasteiger partial charge is 0.376 e. The highest BCUT2D eigenvalue weighted by atomic mass is 79.9. The molecule has 208 valence electrons. The summed E-state index contributed by atoms with van der Waals surface area (Å²) in [5.41, 5.74) is 2.79. The molecule has 6 rings (SSSR count). The molecule has 0 aromatic heterocycles. The molecule has 0 fully saturated rings. The quantitative estimate of drug-likeness (QED) is 0.173. The van der Waals surface area contributed by atoms with Gasteiger partial charge in [0.2, 0.25) is 0 Å². The Bertz CT molecular complexity index is 1500. The Hall–Kier alpha value is -3.80. The van der Waals surface area contributed by atoms with Gasteiger partial charge in [-0.05, 0) is 57.6 Å². The van der Waals surface area contributed by atoms with Crippen LogP contribution in [0, 0.1) is 0 Å². The van der Waals surface area contributed by atoms with Crippen LogP contribution in [0.3, 0.4) is 0 Å². The molecule has 0 amide bonds. The van der Waals surface area contributed by atoms with Crippen molar-refractivity contribution in [3.8, 4) is 0 Å².